The van der Waals surface area contributed by atoms with Crippen molar-refractivity contribution in [2.24, 2.45) is 5.92 Å². The number of amides is 1. The standard InChI is InChI=1S/C12H17NO2S/c1-5-7(2)11(15)12-8(3)6-10(16-12)13-9(4)14/h6-7H,5H2,1-4H3,(H,13,14). The van der Waals surface area contributed by atoms with Crippen LogP contribution in [0.3, 0.4) is 0 Å². The zero-order chi connectivity index (χ0) is 12.3. The fraction of sp³-hybridized carbons (Fsp3) is 0.500. The van der Waals surface area contributed by atoms with E-state index in [9.17, 15) is 9.59 Å². The molecule has 4 heteroatoms. The van der Waals surface area contributed by atoms with Gasteiger partial charge in [-0.1, -0.05) is 13.8 Å². The highest BCUT2D eigenvalue weighted by Gasteiger charge is 2.18. The van der Waals surface area contributed by atoms with Gasteiger partial charge in [-0.25, -0.2) is 0 Å². The Morgan fingerprint density at radius 2 is 2.12 bits per heavy atom. The van der Waals surface area contributed by atoms with E-state index < -0.39 is 0 Å². The number of anilines is 1. The Bertz CT molecular complexity index is 409. The Kier molecular flexibility index (Phi) is 4.24. The highest BCUT2D eigenvalue weighted by molar-refractivity contribution is 7.18. The Labute approximate surface area is 99.9 Å². The molecule has 0 aliphatic rings. The van der Waals surface area contributed by atoms with Gasteiger partial charge in [0.25, 0.3) is 0 Å². The van der Waals surface area contributed by atoms with E-state index in [-0.39, 0.29) is 17.6 Å². The van der Waals surface area contributed by atoms with Crippen LogP contribution in [-0.4, -0.2) is 11.7 Å². The second kappa shape index (κ2) is 5.25. The van der Waals surface area contributed by atoms with E-state index in [1.54, 1.807) is 0 Å². The average molecular weight is 239 g/mol. The largest absolute Gasteiger partial charge is 0.318 e. The number of thiophene rings is 1. The summed E-state index contributed by atoms with van der Waals surface area (Å²) in [5.41, 5.74) is 0.944. The first-order valence-corrected chi connectivity index (χ1v) is 6.19. The molecule has 16 heavy (non-hydrogen) atoms. The van der Waals surface area contributed by atoms with Gasteiger partial charge in [0, 0.05) is 12.8 Å². The Balaban J connectivity index is 2.93. The number of hydrogen-bond donors (Lipinski definition) is 1. The van der Waals surface area contributed by atoms with Gasteiger partial charge in [0.1, 0.15) is 0 Å². The molecule has 1 aromatic rings. The predicted octanol–water partition coefficient (Wildman–Crippen LogP) is 3.24. The molecule has 0 fully saturated rings. The summed E-state index contributed by atoms with van der Waals surface area (Å²) in [4.78, 5) is 23.7. The summed E-state index contributed by atoms with van der Waals surface area (Å²) < 4.78 is 0. The molecule has 1 amide bonds. The molecule has 0 aliphatic carbocycles. The van der Waals surface area contributed by atoms with Gasteiger partial charge in [-0.2, -0.15) is 0 Å². The van der Waals surface area contributed by atoms with Crippen LogP contribution in [0.5, 0.6) is 0 Å². The molecule has 1 aromatic heterocycles. The average Bonchev–Trinajstić information content (AvgIpc) is 2.56. The highest BCUT2D eigenvalue weighted by Crippen LogP contribution is 2.29. The summed E-state index contributed by atoms with van der Waals surface area (Å²) in [5, 5.41) is 3.45. The number of rotatable bonds is 4. The minimum absolute atomic E-state index is 0.0440. The predicted molar refractivity (Wildman–Crippen MR) is 67.1 cm³/mol. The molecule has 0 spiro atoms. The van der Waals surface area contributed by atoms with Crippen molar-refractivity contribution >= 4 is 28.0 Å². The van der Waals surface area contributed by atoms with E-state index >= 15 is 0 Å². The topological polar surface area (TPSA) is 46.2 Å². The van der Waals surface area contributed by atoms with E-state index in [0.717, 1.165) is 21.9 Å². The van der Waals surface area contributed by atoms with Gasteiger partial charge >= 0.3 is 0 Å². The molecule has 3 nitrogen and oxygen atoms in total. The lowest BCUT2D eigenvalue weighted by Gasteiger charge is -2.05. The lowest BCUT2D eigenvalue weighted by Crippen LogP contribution is -2.09. The summed E-state index contributed by atoms with van der Waals surface area (Å²) in [6.07, 6.45) is 0.839. The van der Waals surface area contributed by atoms with Crippen molar-refractivity contribution in [1.29, 1.82) is 0 Å². The van der Waals surface area contributed by atoms with Crippen molar-refractivity contribution in [2.45, 2.75) is 34.1 Å². The number of carbonyl (C=O) groups is 2. The number of nitrogens with one attached hydrogen (secondary N) is 1. The normalized spacial score (nSPS) is 12.2. The highest BCUT2D eigenvalue weighted by atomic mass is 32.1. The fourth-order valence-corrected chi connectivity index (χ4v) is 2.54. The first-order valence-electron chi connectivity index (χ1n) is 5.38. The van der Waals surface area contributed by atoms with Gasteiger partial charge in [-0.05, 0) is 25.0 Å². The smallest absolute Gasteiger partial charge is 0.221 e. The van der Waals surface area contributed by atoms with Gasteiger partial charge in [0.2, 0.25) is 5.91 Å². The molecule has 0 aromatic carbocycles. The van der Waals surface area contributed by atoms with Crippen LogP contribution in [0.1, 0.15) is 42.4 Å². The fourth-order valence-electron chi connectivity index (χ4n) is 1.37. The number of hydrogen-bond acceptors (Lipinski definition) is 3. The second-order valence-corrected chi connectivity index (χ2v) is 5.03. The van der Waals surface area contributed by atoms with Crippen molar-refractivity contribution in [1.82, 2.24) is 0 Å². The van der Waals surface area contributed by atoms with Crippen LogP contribution in [0.25, 0.3) is 0 Å². The zero-order valence-corrected chi connectivity index (χ0v) is 10.9. The van der Waals surface area contributed by atoms with Crippen LogP contribution < -0.4 is 5.32 Å². The molecule has 0 radical (unpaired) electrons. The third-order valence-electron chi connectivity index (χ3n) is 2.50. The maximum Gasteiger partial charge on any atom is 0.221 e. The first kappa shape index (κ1) is 12.9. The van der Waals surface area contributed by atoms with Crippen molar-refractivity contribution < 1.29 is 9.59 Å². The molecule has 1 rings (SSSR count). The van der Waals surface area contributed by atoms with Crippen LogP contribution >= 0.6 is 11.3 Å². The van der Waals surface area contributed by atoms with E-state index in [0.29, 0.717) is 0 Å². The first-order chi connectivity index (χ1) is 7.45. The molecule has 1 heterocycles. The van der Waals surface area contributed by atoms with Crippen LogP contribution in [0.2, 0.25) is 0 Å². The van der Waals surface area contributed by atoms with Gasteiger partial charge in [-0.3, -0.25) is 9.59 Å². The molecular weight excluding hydrogens is 222 g/mol. The van der Waals surface area contributed by atoms with Gasteiger partial charge in [0.15, 0.2) is 5.78 Å². The molecule has 0 bridgehead atoms. The van der Waals surface area contributed by atoms with E-state index in [1.807, 2.05) is 26.8 Å². The lowest BCUT2D eigenvalue weighted by molar-refractivity contribution is -0.114. The molecule has 0 aliphatic heterocycles. The third-order valence-corrected chi connectivity index (χ3v) is 3.67. The Morgan fingerprint density at radius 3 is 2.62 bits per heavy atom. The van der Waals surface area contributed by atoms with E-state index in [2.05, 4.69) is 5.32 Å². The molecule has 88 valence electrons. The molecule has 0 saturated heterocycles. The summed E-state index contributed by atoms with van der Waals surface area (Å²) in [5.74, 6) is 0.105. The second-order valence-electron chi connectivity index (χ2n) is 3.98. The quantitative estimate of drug-likeness (QED) is 0.820. The summed E-state index contributed by atoms with van der Waals surface area (Å²) in [6.45, 7) is 7.29. The maximum atomic E-state index is 12.0. The van der Waals surface area contributed by atoms with Crippen molar-refractivity contribution in [3.8, 4) is 0 Å². The minimum Gasteiger partial charge on any atom is -0.318 e. The van der Waals surface area contributed by atoms with Crippen LogP contribution in [0, 0.1) is 12.8 Å². The molecule has 0 saturated carbocycles. The van der Waals surface area contributed by atoms with E-state index in [1.165, 1.54) is 18.3 Å². The molecular formula is C12H17NO2S. The van der Waals surface area contributed by atoms with Gasteiger partial charge in [0.05, 0.1) is 9.88 Å². The summed E-state index contributed by atoms with van der Waals surface area (Å²) in [7, 11) is 0. The summed E-state index contributed by atoms with van der Waals surface area (Å²) >= 11 is 1.36. The molecule has 1 N–H and O–H groups in total. The Morgan fingerprint density at radius 1 is 1.50 bits per heavy atom. The van der Waals surface area contributed by atoms with Gasteiger partial charge in [-0.15, -0.1) is 11.3 Å². The third kappa shape index (κ3) is 2.92. The lowest BCUT2D eigenvalue weighted by atomic mass is 10.0. The Hall–Kier alpha value is -1.16. The maximum absolute atomic E-state index is 12.0. The van der Waals surface area contributed by atoms with Gasteiger partial charge < -0.3 is 5.32 Å². The number of Topliss-reactive ketones (excluding diaryl/α,β-unsaturated/α-hetero) is 1. The van der Waals surface area contributed by atoms with Crippen molar-refractivity contribution in [3.63, 3.8) is 0 Å². The van der Waals surface area contributed by atoms with Crippen molar-refractivity contribution in [2.75, 3.05) is 5.32 Å². The molecule has 1 atom stereocenters. The van der Waals surface area contributed by atoms with Crippen LogP contribution in [-0.2, 0) is 4.79 Å². The SMILES string of the molecule is CCC(C)C(=O)c1sc(NC(C)=O)cc1C. The summed E-state index contributed by atoms with van der Waals surface area (Å²) in [6, 6.07) is 1.85. The monoisotopic (exact) mass is 239 g/mol. The minimum atomic E-state index is -0.108. The molecule has 1 unspecified atom stereocenters. The van der Waals surface area contributed by atoms with E-state index in [4.69, 9.17) is 0 Å². The number of ketones is 1. The van der Waals surface area contributed by atoms with Crippen LogP contribution in [0.4, 0.5) is 5.00 Å². The van der Waals surface area contributed by atoms with Crippen molar-refractivity contribution in [3.05, 3.63) is 16.5 Å². The van der Waals surface area contributed by atoms with Crippen LogP contribution in [0.15, 0.2) is 6.07 Å². The zero-order valence-electron chi connectivity index (χ0n) is 10.1. The number of carbonyl (C=O) groups excluding carboxylic acids is 2. The number of aryl methyl sites for hydroxylation is 1.